The van der Waals surface area contributed by atoms with Crippen LogP contribution in [0.1, 0.15) is 6.42 Å². The van der Waals surface area contributed by atoms with E-state index in [4.69, 9.17) is 5.73 Å². The van der Waals surface area contributed by atoms with Gasteiger partial charge in [0.2, 0.25) is 16.0 Å². The molecule has 9 heteroatoms. The molecule has 0 fully saturated rings. The van der Waals surface area contributed by atoms with E-state index in [1.54, 1.807) is 10.6 Å². The van der Waals surface area contributed by atoms with E-state index in [1.165, 1.54) is 6.07 Å². The lowest BCUT2D eigenvalue weighted by Gasteiger charge is -2.07. The zero-order valence-electron chi connectivity index (χ0n) is 10.7. The van der Waals surface area contributed by atoms with Gasteiger partial charge in [0.1, 0.15) is 5.82 Å². The molecule has 0 radical (unpaired) electrons. The summed E-state index contributed by atoms with van der Waals surface area (Å²) in [5.41, 5.74) is 6.97. The number of benzene rings is 1. The summed E-state index contributed by atoms with van der Waals surface area (Å²) in [6, 6.07) is 2.92. The monoisotopic (exact) mass is 364 g/mol. The highest BCUT2D eigenvalue weighted by Crippen LogP contribution is 2.25. The van der Waals surface area contributed by atoms with Crippen LogP contribution in [0.3, 0.4) is 0 Å². The smallest absolute Gasteiger partial charge is 0.208 e. The van der Waals surface area contributed by atoms with Gasteiger partial charge in [0, 0.05) is 19.2 Å². The van der Waals surface area contributed by atoms with Crippen molar-refractivity contribution in [1.82, 2.24) is 14.3 Å². The summed E-state index contributed by atoms with van der Waals surface area (Å²) < 4.78 is 39.8. The molecule has 6 nitrogen and oxygen atoms in total. The van der Waals surface area contributed by atoms with Crippen molar-refractivity contribution < 1.29 is 12.8 Å². The molecule has 0 bridgehead atoms. The van der Waals surface area contributed by atoms with Gasteiger partial charge >= 0.3 is 0 Å². The van der Waals surface area contributed by atoms with Gasteiger partial charge in [-0.15, -0.1) is 0 Å². The van der Waals surface area contributed by atoms with Crippen molar-refractivity contribution in [2.24, 2.45) is 0 Å². The molecule has 110 valence electrons. The Morgan fingerprint density at radius 2 is 2.20 bits per heavy atom. The van der Waals surface area contributed by atoms with E-state index in [0.29, 0.717) is 35.0 Å². The fraction of sp³-hybridized carbons (Fsp3) is 0.364. The quantitative estimate of drug-likeness (QED) is 0.785. The zero-order chi connectivity index (χ0) is 14.9. The average Bonchev–Trinajstić information content (AvgIpc) is 2.60. The molecular formula is C11H14BrFN4O2S. The Morgan fingerprint density at radius 1 is 1.50 bits per heavy atom. The van der Waals surface area contributed by atoms with E-state index >= 15 is 0 Å². The minimum Gasteiger partial charge on any atom is -0.369 e. The molecular weight excluding hydrogens is 351 g/mol. The average molecular weight is 365 g/mol. The number of sulfonamides is 1. The van der Waals surface area contributed by atoms with E-state index in [-0.39, 0.29) is 5.95 Å². The molecule has 1 heterocycles. The number of anilines is 1. The van der Waals surface area contributed by atoms with Gasteiger partial charge in [-0.1, -0.05) is 0 Å². The Morgan fingerprint density at radius 3 is 2.85 bits per heavy atom. The number of nitrogens with two attached hydrogens (primary N) is 1. The van der Waals surface area contributed by atoms with Gasteiger partial charge in [0.05, 0.1) is 21.8 Å². The standard InChI is InChI=1S/C11H14BrFN4O2S/c1-20(18,19)15-3-2-4-17-10-5-7(12)8(13)6-9(10)16-11(17)14/h5-6,15H,2-4H2,1H3,(H2,14,16). The molecule has 3 N–H and O–H groups in total. The van der Waals surface area contributed by atoms with Crippen molar-refractivity contribution in [2.45, 2.75) is 13.0 Å². The van der Waals surface area contributed by atoms with E-state index in [9.17, 15) is 12.8 Å². The van der Waals surface area contributed by atoms with Crippen molar-refractivity contribution in [3.05, 3.63) is 22.4 Å². The molecule has 2 rings (SSSR count). The van der Waals surface area contributed by atoms with Crippen molar-refractivity contribution >= 4 is 42.9 Å². The highest BCUT2D eigenvalue weighted by atomic mass is 79.9. The molecule has 0 aliphatic rings. The predicted molar refractivity (Wildman–Crippen MR) is 79.3 cm³/mol. The molecule has 0 atom stereocenters. The molecule has 1 aromatic heterocycles. The van der Waals surface area contributed by atoms with Crippen LogP contribution in [0, 0.1) is 5.82 Å². The number of nitrogens with zero attached hydrogens (tertiary/aromatic N) is 2. The van der Waals surface area contributed by atoms with Gasteiger partial charge in [-0.3, -0.25) is 0 Å². The lowest BCUT2D eigenvalue weighted by molar-refractivity contribution is 0.578. The SMILES string of the molecule is CS(=O)(=O)NCCCn1c(N)nc2cc(F)c(Br)cc21. The van der Waals surface area contributed by atoms with Crippen molar-refractivity contribution in [2.75, 3.05) is 18.5 Å². The molecule has 0 saturated heterocycles. The topological polar surface area (TPSA) is 90.0 Å². The van der Waals surface area contributed by atoms with E-state index in [1.807, 2.05) is 0 Å². The Balaban J connectivity index is 2.17. The number of hydrogen-bond acceptors (Lipinski definition) is 4. The summed E-state index contributed by atoms with van der Waals surface area (Å²) >= 11 is 3.12. The van der Waals surface area contributed by atoms with Gasteiger partial charge in [-0.05, 0) is 28.4 Å². The molecule has 20 heavy (non-hydrogen) atoms. The number of imidazole rings is 1. The molecule has 0 aliphatic heterocycles. The second-order valence-electron chi connectivity index (χ2n) is 4.40. The first-order valence-electron chi connectivity index (χ1n) is 5.83. The Hall–Kier alpha value is -1.19. The van der Waals surface area contributed by atoms with Crippen LogP contribution in [0.2, 0.25) is 0 Å². The Bertz CT molecular complexity index is 744. The van der Waals surface area contributed by atoms with Crippen molar-refractivity contribution in [3.8, 4) is 0 Å². The fourth-order valence-corrected chi connectivity index (χ4v) is 2.71. The van der Waals surface area contributed by atoms with Gasteiger partial charge < -0.3 is 10.3 Å². The maximum absolute atomic E-state index is 13.4. The molecule has 0 unspecified atom stereocenters. The summed E-state index contributed by atoms with van der Waals surface area (Å²) in [5, 5.41) is 0. The zero-order valence-corrected chi connectivity index (χ0v) is 13.1. The number of rotatable bonds is 5. The number of halogens is 2. The molecule has 0 spiro atoms. The molecule has 0 aliphatic carbocycles. The van der Waals surface area contributed by atoms with Crippen LogP contribution in [0.5, 0.6) is 0 Å². The number of nitrogen functional groups attached to an aromatic ring is 1. The lowest BCUT2D eigenvalue weighted by atomic mass is 10.3. The Labute approximate surface area is 124 Å². The van der Waals surface area contributed by atoms with Crippen LogP contribution in [0.4, 0.5) is 10.3 Å². The molecule has 0 saturated carbocycles. The summed E-state index contributed by atoms with van der Waals surface area (Å²) in [5.74, 6) is -0.127. The number of aryl methyl sites for hydroxylation is 1. The normalized spacial score (nSPS) is 12.2. The van der Waals surface area contributed by atoms with Gasteiger partial charge in [0.25, 0.3) is 0 Å². The van der Waals surface area contributed by atoms with E-state index < -0.39 is 15.8 Å². The van der Waals surface area contributed by atoms with Gasteiger partial charge in [-0.2, -0.15) is 0 Å². The maximum Gasteiger partial charge on any atom is 0.208 e. The first-order chi connectivity index (χ1) is 9.28. The number of nitrogens with one attached hydrogen (secondary N) is 1. The Kier molecular flexibility index (Phi) is 4.31. The summed E-state index contributed by atoms with van der Waals surface area (Å²) in [6.45, 7) is 0.795. The predicted octanol–water partition coefficient (Wildman–Crippen LogP) is 1.46. The van der Waals surface area contributed by atoms with Crippen LogP contribution in [0.25, 0.3) is 11.0 Å². The van der Waals surface area contributed by atoms with Gasteiger partial charge in [-0.25, -0.2) is 22.5 Å². The highest BCUT2D eigenvalue weighted by molar-refractivity contribution is 9.10. The molecule has 2 aromatic rings. The summed E-state index contributed by atoms with van der Waals surface area (Å²) in [4.78, 5) is 4.08. The minimum absolute atomic E-state index is 0.275. The number of aromatic nitrogens is 2. The molecule has 1 aromatic carbocycles. The van der Waals surface area contributed by atoms with Gasteiger partial charge in [0.15, 0.2) is 0 Å². The van der Waals surface area contributed by atoms with Crippen LogP contribution in [0.15, 0.2) is 16.6 Å². The molecule has 0 amide bonds. The first kappa shape index (κ1) is 15.2. The van der Waals surface area contributed by atoms with E-state index in [0.717, 1.165) is 6.26 Å². The number of fused-ring (bicyclic) bond motifs is 1. The van der Waals surface area contributed by atoms with Crippen LogP contribution >= 0.6 is 15.9 Å². The highest BCUT2D eigenvalue weighted by Gasteiger charge is 2.11. The summed E-state index contributed by atoms with van der Waals surface area (Å²) in [6.07, 6.45) is 1.66. The second kappa shape index (κ2) is 5.66. The fourth-order valence-electron chi connectivity index (χ4n) is 1.87. The minimum atomic E-state index is -3.19. The van der Waals surface area contributed by atoms with E-state index in [2.05, 4.69) is 25.6 Å². The van der Waals surface area contributed by atoms with Crippen molar-refractivity contribution in [3.63, 3.8) is 0 Å². The van der Waals surface area contributed by atoms with Crippen LogP contribution in [-0.4, -0.2) is 30.8 Å². The maximum atomic E-state index is 13.4. The third kappa shape index (κ3) is 3.47. The number of hydrogen-bond donors (Lipinski definition) is 2. The second-order valence-corrected chi connectivity index (χ2v) is 7.08. The van der Waals surface area contributed by atoms with Crippen LogP contribution in [-0.2, 0) is 16.6 Å². The largest absolute Gasteiger partial charge is 0.369 e. The third-order valence-corrected chi connectivity index (χ3v) is 4.08. The third-order valence-electron chi connectivity index (χ3n) is 2.74. The summed E-state index contributed by atoms with van der Waals surface area (Å²) in [7, 11) is -3.19. The lowest BCUT2D eigenvalue weighted by Crippen LogP contribution is -2.24. The first-order valence-corrected chi connectivity index (χ1v) is 8.52. The van der Waals surface area contributed by atoms with Crippen LogP contribution < -0.4 is 10.5 Å². The van der Waals surface area contributed by atoms with Crippen molar-refractivity contribution in [1.29, 1.82) is 0 Å².